The molecule has 1 aromatic rings. The van der Waals surface area contributed by atoms with E-state index in [4.69, 9.17) is 0 Å². The van der Waals surface area contributed by atoms with Crippen molar-refractivity contribution in [3.05, 3.63) is 22.4 Å². The van der Waals surface area contributed by atoms with Crippen molar-refractivity contribution >= 4 is 17.2 Å². The molecule has 1 N–H and O–H groups in total. The van der Waals surface area contributed by atoms with Crippen molar-refractivity contribution in [2.24, 2.45) is 5.92 Å². The summed E-state index contributed by atoms with van der Waals surface area (Å²) < 4.78 is 36.8. The fraction of sp³-hybridized carbons (Fsp3) is 0.643. The summed E-state index contributed by atoms with van der Waals surface area (Å²) in [5, 5.41) is 6.50. The minimum atomic E-state index is -4.11. The molecule has 0 aromatic carbocycles. The number of halogens is 3. The average Bonchev–Trinajstić information content (AvgIpc) is 2.93. The summed E-state index contributed by atoms with van der Waals surface area (Å²) >= 11 is 1.48. The molecule has 1 fully saturated rings. The van der Waals surface area contributed by atoms with Crippen molar-refractivity contribution in [1.82, 2.24) is 10.2 Å². The van der Waals surface area contributed by atoms with E-state index in [1.807, 2.05) is 5.38 Å². The number of likely N-dealkylation sites (tertiary alicyclic amines) is 1. The molecule has 1 aliphatic rings. The van der Waals surface area contributed by atoms with Crippen LogP contribution in [0.4, 0.5) is 13.2 Å². The Kier molecular flexibility index (Phi) is 5.64. The summed E-state index contributed by atoms with van der Waals surface area (Å²) in [6, 6.07) is 1.77. The second-order valence-electron chi connectivity index (χ2n) is 5.39. The van der Waals surface area contributed by atoms with Crippen LogP contribution in [0.15, 0.2) is 16.8 Å². The van der Waals surface area contributed by atoms with E-state index in [9.17, 15) is 18.0 Å². The van der Waals surface area contributed by atoms with Gasteiger partial charge in [0.15, 0.2) is 0 Å². The summed E-state index contributed by atoms with van der Waals surface area (Å²) in [7, 11) is 0. The van der Waals surface area contributed by atoms with Crippen LogP contribution >= 0.6 is 11.3 Å². The predicted molar refractivity (Wildman–Crippen MR) is 76.5 cm³/mol. The first-order valence-electron chi connectivity index (χ1n) is 7.03. The van der Waals surface area contributed by atoms with E-state index in [1.54, 1.807) is 11.4 Å². The first kappa shape index (κ1) is 16.3. The van der Waals surface area contributed by atoms with Gasteiger partial charge in [0, 0.05) is 17.5 Å². The second-order valence-corrected chi connectivity index (χ2v) is 6.17. The first-order valence-corrected chi connectivity index (χ1v) is 7.98. The van der Waals surface area contributed by atoms with E-state index in [2.05, 4.69) is 5.32 Å². The van der Waals surface area contributed by atoms with Crippen LogP contribution in [0, 0.1) is 5.92 Å². The summed E-state index contributed by atoms with van der Waals surface area (Å²) in [4.78, 5) is 13.2. The summed E-state index contributed by atoms with van der Waals surface area (Å²) in [5.74, 6) is 0.322. The normalized spacial score (nSPS) is 17.9. The number of amides is 1. The molecule has 21 heavy (non-hydrogen) atoms. The van der Waals surface area contributed by atoms with Crippen LogP contribution in [-0.2, 0) is 0 Å². The zero-order valence-electron chi connectivity index (χ0n) is 11.7. The van der Waals surface area contributed by atoms with Gasteiger partial charge in [-0.25, -0.2) is 0 Å². The number of hydrogen-bond donors (Lipinski definition) is 1. The fourth-order valence-electron chi connectivity index (χ4n) is 2.57. The van der Waals surface area contributed by atoms with Crippen molar-refractivity contribution in [2.45, 2.75) is 25.4 Å². The van der Waals surface area contributed by atoms with Gasteiger partial charge >= 0.3 is 6.18 Å². The third-order valence-electron chi connectivity index (χ3n) is 3.73. The molecule has 3 nitrogen and oxygen atoms in total. The van der Waals surface area contributed by atoms with E-state index in [-0.39, 0.29) is 5.91 Å². The number of rotatable bonds is 5. The van der Waals surface area contributed by atoms with Crippen molar-refractivity contribution in [1.29, 1.82) is 0 Å². The standard InChI is InChI=1S/C14H19F3N2OS/c15-14(16,17)10-19-6-2-11(3-7-19)1-5-18-13(20)12-4-8-21-9-12/h4,8-9,11H,1-3,5-7,10H2,(H,18,20). The van der Waals surface area contributed by atoms with Crippen LogP contribution in [0.25, 0.3) is 0 Å². The lowest BCUT2D eigenvalue weighted by Gasteiger charge is -2.32. The number of carbonyl (C=O) groups is 1. The molecule has 0 atom stereocenters. The molecule has 1 aromatic heterocycles. The average molecular weight is 320 g/mol. The van der Waals surface area contributed by atoms with Gasteiger partial charge in [0.05, 0.1) is 6.54 Å². The highest BCUT2D eigenvalue weighted by atomic mass is 32.1. The maximum Gasteiger partial charge on any atom is 0.401 e. The number of nitrogens with one attached hydrogen (secondary N) is 1. The maximum absolute atomic E-state index is 12.3. The quantitative estimate of drug-likeness (QED) is 0.904. The van der Waals surface area contributed by atoms with Crippen molar-refractivity contribution in [2.75, 3.05) is 26.2 Å². The lowest BCUT2D eigenvalue weighted by molar-refractivity contribution is -0.148. The van der Waals surface area contributed by atoms with Gasteiger partial charge in [-0.05, 0) is 49.7 Å². The highest BCUT2D eigenvalue weighted by Crippen LogP contribution is 2.24. The lowest BCUT2D eigenvalue weighted by Crippen LogP contribution is -2.40. The van der Waals surface area contributed by atoms with Crippen LogP contribution in [0.2, 0.25) is 0 Å². The summed E-state index contributed by atoms with van der Waals surface area (Å²) in [6.07, 6.45) is -1.74. The molecule has 118 valence electrons. The van der Waals surface area contributed by atoms with E-state index in [0.29, 0.717) is 31.1 Å². The van der Waals surface area contributed by atoms with Gasteiger partial charge in [-0.15, -0.1) is 0 Å². The third-order valence-corrected chi connectivity index (χ3v) is 4.41. The third kappa shape index (κ3) is 5.67. The summed E-state index contributed by atoms with van der Waals surface area (Å²) in [5.41, 5.74) is 0.667. The molecule has 0 spiro atoms. The molecule has 1 aliphatic heterocycles. The van der Waals surface area contributed by atoms with Crippen LogP contribution in [-0.4, -0.2) is 43.2 Å². The molecule has 0 saturated carbocycles. The van der Waals surface area contributed by atoms with Gasteiger partial charge in [-0.1, -0.05) is 0 Å². The highest BCUT2D eigenvalue weighted by Gasteiger charge is 2.32. The Labute approximate surface area is 126 Å². The Morgan fingerprint density at radius 2 is 2.10 bits per heavy atom. The maximum atomic E-state index is 12.3. The van der Waals surface area contributed by atoms with Gasteiger partial charge in [0.25, 0.3) is 5.91 Å². The second kappa shape index (κ2) is 7.26. The Hall–Kier alpha value is -1.08. The van der Waals surface area contributed by atoms with Crippen LogP contribution in [0.5, 0.6) is 0 Å². The number of hydrogen-bond acceptors (Lipinski definition) is 3. The van der Waals surface area contributed by atoms with Crippen LogP contribution < -0.4 is 5.32 Å². The van der Waals surface area contributed by atoms with Crippen LogP contribution in [0.1, 0.15) is 29.6 Å². The smallest absolute Gasteiger partial charge is 0.352 e. The summed E-state index contributed by atoms with van der Waals surface area (Å²) in [6.45, 7) is 0.749. The Morgan fingerprint density at radius 1 is 1.38 bits per heavy atom. The molecular weight excluding hydrogens is 301 g/mol. The number of carbonyl (C=O) groups excluding carboxylic acids is 1. The molecule has 0 bridgehead atoms. The zero-order chi connectivity index (χ0) is 15.3. The first-order chi connectivity index (χ1) is 9.94. The molecular formula is C14H19F3N2OS. The number of thiophene rings is 1. The van der Waals surface area contributed by atoms with Gasteiger partial charge in [0.1, 0.15) is 0 Å². The van der Waals surface area contributed by atoms with Gasteiger partial charge in [-0.3, -0.25) is 9.69 Å². The minimum Gasteiger partial charge on any atom is -0.352 e. The van der Waals surface area contributed by atoms with E-state index >= 15 is 0 Å². The molecule has 0 radical (unpaired) electrons. The Bertz CT molecular complexity index is 440. The molecule has 0 unspecified atom stereocenters. The molecule has 1 saturated heterocycles. The molecule has 2 rings (SSSR count). The predicted octanol–water partition coefficient (Wildman–Crippen LogP) is 3.14. The van der Waals surface area contributed by atoms with Gasteiger partial charge < -0.3 is 5.32 Å². The van der Waals surface area contributed by atoms with Gasteiger partial charge in [-0.2, -0.15) is 24.5 Å². The van der Waals surface area contributed by atoms with Crippen LogP contribution in [0.3, 0.4) is 0 Å². The minimum absolute atomic E-state index is 0.0780. The Morgan fingerprint density at radius 3 is 2.67 bits per heavy atom. The lowest BCUT2D eigenvalue weighted by atomic mass is 9.93. The topological polar surface area (TPSA) is 32.3 Å². The zero-order valence-corrected chi connectivity index (χ0v) is 12.5. The number of alkyl halides is 3. The van der Waals surface area contributed by atoms with E-state index in [0.717, 1.165) is 19.3 Å². The molecule has 1 amide bonds. The monoisotopic (exact) mass is 320 g/mol. The molecule has 2 heterocycles. The molecule has 7 heteroatoms. The Balaban J connectivity index is 1.62. The van der Waals surface area contributed by atoms with Crippen molar-refractivity contribution < 1.29 is 18.0 Å². The highest BCUT2D eigenvalue weighted by molar-refractivity contribution is 7.08. The van der Waals surface area contributed by atoms with Crippen molar-refractivity contribution in [3.8, 4) is 0 Å². The molecule has 0 aliphatic carbocycles. The van der Waals surface area contributed by atoms with Crippen molar-refractivity contribution in [3.63, 3.8) is 0 Å². The number of piperidine rings is 1. The largest absolute Gasteiger partial charge is 0.401 e. The SMILES string of the molecule is O=C(NCCC1CCN(CC(F)(F)F)CC1)c1ccsc1. The van der Waals surface area contributed by atoms with E-state index < -0.39 is 12.7 Å². The number of nitrogens with zero attached hydrogens (tertiary/aromatic N) is 1. The van der Waals surface area contributed by atoms with E-state index in [1.165, 1.54) is 16.2 Å². The fourth-order valence-corrected chi connectivity index (χ4v) is 3.21. The van der Waals surface area contributed by atoms with Gasteiger partial charge in [0.2, 0.25) is 0 Å².